The van der Waals surface area contributed by atoms with Gasteiger partial charge >= 0.3 is 0 Å². The van der Waals surface area contributed by atoms with Crippen molar-refractivity contribution in [3.8, 4) is 0 Å². The molecule has 0 radical (unpaired) electrons. The molecule has 2 aromatic rings. The lowest BCUT2D eigenvalue weighted by molar-refractivity contribution is 0.557. The van der Waals surface area contributed by atoms with Gasteiger partial charge in [0.1, 0.15) is 0 Å². The summed E-state index contributed by atoms with van der Waals surface area (Å²) >= 11 is 10.9. The van der Waals surface area contributed by atoms with Crippen molar-refractivity contribution in [1.82, 2.24) is 15.0 Å². The van der Waals surface area contributed by atoms with Gasteiger partial charge in [-0.3, -0.25) is 11.3 Å². The van der Waals surface area contributed by atoms with Crippen molar-refractivity contribution in [3.05, 3.63) is 43.8 Å². The van der Waals surface area contributed by atoms with Crippen molar-refractivity contribution in [2.24, 2.45) is 5.84 Å². The molecule has 0 aliphatic rings. The number of hydrogen-bond acceptors (Lipinski definition) is 5. The molecule has 0 saturated heterocycles. The summed E-state index contributed by atoms with van der Waals surface area (Å²) in [6, 6.07) is 5.80. The van der Waals surface area contributed by atoms with Crippen molar-refractivity contribution in [2.45, 2.75) is 19.4 Å². The van der Waals surface area contributed by atoms with E-state index in [1.54, 1.807) is 0 Å². The lowest BCUT2D eigenvalue weighted by Gasteiger charge is -2.15. The Morgan fingerprint density at radius 2 is 2.33 bits per heavy atom. The van der Waals surface area contributed by atoms with E-state index in [1.807, 2.05) is 25.1 Å². The van der Waals surface area contributed by atoms with Crippen LogP contribution >= 0.6 is 39.1 Å². The highest BCUT2D eigenvalue weighted by Gasteiger charge is 2.17. The highest BCUT2D eigenvalue weighted by Crippen LogP contribution is 2.28. The van der Waals surface area contributed by atoms with Gasteiger partial charge in [0.25, 0.3) is 0 Å². The van der Waals surface area contributed by atoms with Crippen LogP contribution in [0.4, 0.5) is 0 Å². The number of nitrogens with two attached hydrogens (primary N) is 1. The molecule has 96 valence electrons. The van der Waals surface area contributed by atoms with Crippen LogP contribution in [0.2, 0.25) is 5.02 Å². The van der Waals surface area contributed by atoms with Crippen LogP contribution in [0.1, 0.15) is 22.2 Å². The van der Waals surface area contributed by atoms with E-state index >= 15 is 0 Å². The standard InChI is InChI=1S/C11H12BrClN4S/c1-6-11(18-17-16-6)10(15-14)4-7-2-3-8(12)5-9(7)13/h2-3,5,10,15H,4,14H2,1H3. The highest BCUT2D eigenvalue weighted by atomic mass is 79.9. The molecule has 1 aromatic carbocycles. The Kier molecular flexibility index (Phi) is 4.69. The molecular formula is C11H12BrClN4S. The molecule has 0 aliphatic heterocycles. The van der Waals surface area contributed by atoms with Crippen LogP contribution < -0.4 is 11.3 Å². The number of hydrogen-bond donors (Lipinski definition) is 2. The van der Waals surface area contributed by atoms with Crippen LogP contribution in [0.25, 0.3) is 0 Å². The first-order chi connectivity index (χ1) is 8.61. The van der Waals surface area contributed by atoms with Crippen LogP contribution in [0.15, 0.2) is 22.7 Å². The summed E-state index contributed by atoms with van der Waals surface area (Å²) in [5.41, 5.74) is 4.73. The topological polar surface area (TPSA) is 63.8 Å². The predicted molar refractivity (Wildman–Crippen MR) is 77.6 cm³/mol. The zero-order valence-corrected chi connectivity index (χ0v) is 12.8. The highest BCUT2D eigenvalue weighted by molar-refractivity contribution is 9.10. The molecule has 0 aliphatic carbocycles. The van der Waals surface area contributed by atoms with Gasteiger partial charge in [-0.1, -0.05) is 38.1 Å². The minimum atomic E-state index is -0.0244. The van der Waals surface area contributed by atoms with Crippen LogP contribution in [0, 0.1) is 6.92 Å². The average Bonchev–Trinajstić information content (AvgIpc) is 2.75. The fourth-order valence-electron chi connectivity index (χ4n) is 1.69. The summed E-state index contributed by atoms with van der Waals surface area (Å²) < 4.78 is 4.89. The van der Waals surface area contributed by atoms with Crippen molar-refractivity contribution < 1.29 is 0 Å². The summed E-state index contributed by atoms with van der Waals surface area (Å²) in [4.78, 5) is 1.04. The molecule has 3 N–H and O–H groups in total. The maximum absolute atomic E-state index is 6.21. The summed E-state index contributed by atoms with van der Waals surface area (Å²) in [5, 5.41) is 4.72. The molecule has 1 aromatic heterocycles. The molecule has 0 bridgehead atoms. The Bertz CT molecular complexity index is 546. The van der Waals surface area contributed by atoms with E-state index in [0.29, 0.717) is 6.42 Å². The molecule has 1 atom stereocenters. The Morgan fingerprint density at radius 3 is 2.89 bits per heavy atom. The third-order valence-corrected chi connectivity index (χ3v) is 4.43. The normalized spacial score (nSPS) is 12.7. The van der Waals surface area contributed by atoms with Crippen LogP contribution in [0.3, 0.4) is 0 Å². The molecule has 0 saturated carbocycles. The first kappa shape index (κ1) is 13.9. The largest absolute Gasteiger partial charge is 0.271 e. The summed E-state index contributed by atoms with van der Waals surface area (Å²) in [6.45, 7) is 1.92. The molecule has 0 amide bonds. The van der Waals surface area contributed by atoms with Gasteiger partial charge < -0.3 is 0 Å². The minimum absolute atomic E-state index is 0.0244. The molecule has 18 heavy (non-hydrogen) atoms. The molecule has 1 unspecified atom stereocenters. The Hall–Kier alpha value is -0.530. The summed E-state index contributed by atoms with van der Waals surface area (Å²) in [7, 11) is 0. The minimum Gasteiger partial charge on any atom is -0.271 e. The van der Waals surface area contributed by atoms with Gasteiger partial charge in [-0.2, -0.15) is 0 Å². The summed E-state index contributed by atoms with van der Waals surface area (Å²) in [6.07, 6.45) is 0.702. The Balaban J connectivity index is 2.23. The molecule has 4 nitrogen and oxygen atoms in total. The fraction of sp³-hybridized carbons (Fsp3) is 0.273. The van der Waals surface area contributed by atoms with E-state index < -0.39 is 0 Å². The quantitative estimate of drug-likeness (QED) is 0.659. The Morgan fingerprint density at radius 1 is 1.56 bits per heavy atom. The third kappa shape index (κ3) is 3.07. The second-order valence-corrected chi connectivity index (χ2v) is 5.99. The summed E-state index contributed by atoms with van der Waals surface area (Å²) in [5.74, 6) is 5.61. The van der Waals surface area contributed by atoms with Crippen molar-refractivity contribution in [2.75, 3.05) is 0 Å². The maximum Gasteiger partial charge on any atom is 0.0773 e. The van der Waals surface area contributed by atoms with Gasteiger partial charge in [0.05, 0.1) is 16.6 Å². The Labute approximate surface area is 123 Å². The lowest BCUT2D eigenvalue weighted by atomic mass is 10.0. The lowest BCUT2D eigenvalue weighted by Crippen LogP contribution is -2.29. The first-order valence-electron chi connectivity index (χ1n) is 5.30. The number of rotatable bonds is 4. The third-order valence-electron chi connectivity index (χ3n) is 2.64. The van der Waals surface area contributed by atoms with Gasteiger partial charge in [0.2, 0.25) is 0 Å². The number of nitrogens with zero attached hydrogens (tertiary/aromatic N) is 2. The molecule has 2 rings (SSSR count). The molecule has 7 heteroatoms. The zero-order valence-electron chi connectivity index (χ0n) is 9.65. The number of benzene rings is 1. The maximum atomic E-state index is 6.21. The van der Waals surface area contributed by atoms with Crippen LogP contribution in [0.5, 0.6) is 0 Å². The van der Waals surface area contributed by atoms with E-state index in [4.69, 9.17) is 17.4 Å². The van der Waals surface area contributed by atoms with E-state index in [1.165, 1.54) is 11.5 Å². The van der Waals surface area contributed by atoms with Crippen molar-refractivity contribution in [1.29, 1.82) is 0 Å². The van der Waals surface area contributed by atoms with Gasteiger partial charge in [-0.05, 0) is 42.6 Å². The predicted octanol–water partition coefficient (Wildman–Crippen LogP) is 3.01. The molecule has 0 fully saturated rings. The van der Waals surface area contributed by atoms with E-state index in [2.05, 4.69) is 30.9 Å². The number of hydrazine groups is 1. The number of nitrogens with one attached hydrogen (secondary N) is 1. The number of aromatic nitrogens is 2. The molecular weight excluding hydrogens is 336 g/mol. The van der Waals surface area contributed by atoms with E-state index in [0.717, 1.165) is 25.6 Å². The smallest absolute Gasteiger partial charge is 0.0773 e. The first-order valence-corrected chi connectivity index (χ1v) is 7.25. The van der Waals surface area contributed by atoms with E-state index in [-0.39, 0.29) is 6.04 Å². The van der Waals surface area contributed by atoms with Crippen molar-refractivity contribution >= 4 is 39.1 Å². The van der Waals surface area contributed by atoms with Crippen LogP contribution in [-0.4, -0.2) is 9.59 Å². The van der Waals surface area contributed by atoms with Gasteiger partial charge in [0, 0.05) is 9.50 Å². The second-order valence-electron chi connectivity index (χ2n) is 3.88. The molecule has 1 heterocycles. The SMILES string of the molecule is Cc1nnsc1C(Cc1ccc(Br)cc1Cl)NN. The van der Waals surface area contributed by atoms with Crippen molar-refractivity contribution in [3.63, 3.8) is 0 Å². The van der Waals surface area contributed by atoms with Crippen LogP contribution in [-0.2, 0) is 6.42 Å². The van der Waals surface area contributed by atoms with Gasteiger partial charge in [-0.15, -0.1) is 5.10 Å². The number of halogens is 2. The fourth-order valence-corrected chi connectivity index (χ4v) is 3.14. The van der Waals surface area contributed by atoms with Gasteiger partial charge in [0.15, 0.2) is 0 Å². The molecule has 0 spiro atoms. The average molecular weight is 348 g/mol. The number of aryl methyl sites for hydroxylation is 1. The zero-order chi connectivity index (χ0) is 13.1. The second kappa shape index (κ2) is 6.08. The van der Waals surface area contributed by atoms with Gasteiger partial charge in [-0.25, -0.2) is 0 Å². The van der Waals surface area contributed by atoms with E-state index in [9.17, 15) is 0 Å². The monoisotopic (exact) mass is 346 g/mol.